The van der Waals surface area contributed by atoms with Gasteiger partial charge in [-0.25, -0.2) is 0 Å². The minimum atomic E-state index is -0.336. The highest BCUT2D eigenvalue weighted by molar-refractivity contribution is 7.10. The highest BCUT2D eigenvalue weighted by Crippen LogP contribution is 2.29. The third kappa shape index (κ3) is 5.23. The number of hydrogen-bond donors (Lipinski definition) is 2. The van der Waals surface area contributed by atoms with E-state index in [1.54, 1.807) is 20.3 Å². The van der Waals surface area contributed by atoms with Crippen molar-refractivity contribution in [2.75, 3.05) is 14.2 Å². The molecular formula is C19H24N2O4S. The van der Waals surface area contributed by atoms with Gasteiger partial charge in [0.2, 0.25) is 11.8 Å². The van der Waals surface area contributed by atoms with Crippen molar-refractivity contribution < 1.29 is 19.1 Å². The molecule has 2 rings (SSSR count). The summed E-state index contributed by atoms with van der Waals surface area (Å²) in [7, 11) is 3.17. The lowest BCUT2D eigenvalue weighted by Crippen LogP contribution is -2.33. The van der Waals surface area contributed by atoms with Crippen LogP contribution in [0.25, 0.3) is 0 Å². The minimum Gasteiger partial charge on any atom is -0.497 e. The average molecular weight is 376 g/mol. The standard InChI is InChI=1S/C19H24N2O4S/c1-12(15-8-7-14(24-3)10-17(15)25-4)20-19(23)11-16(21-13(2)22)18-6-5-9-26-18/h5-10,12,16H,11H2,1-4H3,(H,20,23)(H,21,22). The largest absolute Gasteiger partial charge is 0.497 e. The van der Waals surface area contributed by atoms with Crippen LogP contribution in [0.15, 0.2) is 35.7 Å². The molecule has 6 nitrogen and oxygen atoms in total. The van der Waals surface area contributed by atoms with Crippen LogP contribution in [0.1, 0.15) is 42.8 Å². The van der Waals surface area contributed by atoms with E-state index in [-0.39, 0.29) is 30.3 Å². The lowest BCUT2D eigenvalue weighted by atomic mass is 10.1. The van der Waals surface area contributed by atoms with Crippen LogP contribution in [0.2, 0.25) is 0 Å². The van der Waals surface area contributed by atoms with Crippen LogP contribution >= 0.6 is 11.3 Å². The summed E-state index contributed by atoms with van der Waals surface area (Å²) in [6.45, 7) is 3.34. The number of thiophene rings is 1. The zero-order valence-corrected chi connectivity index (χ0v) is 16.2. The van der Waals surface area contributed by atoms with Crippen molar-refractivity contribution in [3.8, 4) is 11.5 Å². The number of rotatable bonds is 8. The molecule has 1 aromatic carbocycles. The van der Waals surface area contributed by atoms with Gasteiger partial charge >= 0.3 is 0 Å². The van der Waals surface area contributed by atoms with E-state index in [2.05, 4.69) is 10.6 Å². The second-order valence-electron chi connectivity index (χ2n) is 5.87. The third-order valence-electron chi connectivity index (χ3n) is 3.94. The second kappa shape index (κ2) is 9.24. The first kappa shape index (κ1) is 19.8. The summed E-state index contributed by atoms with van der Waals surface area (Å²) in [4.78, 5) is 24.9. The Morgan fingerprint density at radius 1 is 1.15 bits per heavy atom. The summed E-state index contributed by atoms with van der Waals surface area (Å²) in [5.74, 6) is 1.02. The molecule has 0 radical (unpaired) electrons. The second-order valence-corrected chi connectivity index (χ2v) is 6.85. The van der Waals surface area contributed by atoms with Crippen LogP contribution < -0.4 is 20.1 Å². The molecule has 2 amide bonds. The number of hydrogen-bond acceptors (Lipinski definition) is 5. The molecule has 0 aliphatic carbocycles. The van der Waals surface area contributed by atoms with Gasteiger partial charge in [0.1, 0.15) is 11.5 Å². The SMILES string of the molecule is COc1ccc(C(C)NC(=O)CC(NC(C)=O)c2cccs2)c(OC)c1. The Morgan fingerprint density at radius 3 is 2.50 bits per heavy atom. The van der Waals surface area contributed by atoms with Crippen LogP contribution in [-0.4, -0.2) is 26.0 Å². The van der Waals surface area contributed by atoms with E-state index in [1.807, 2.05) is 36.6 Å². The molecule has 0 aliphatic heterocycles. The third-order valence-corrected chi connectivity index (χ3v) is 4.92. The molecule has 0 bridgehead atoms. The Labute approximate surface area is 157 Å². The molecule has 1 aromatic heterocycles. The van der Waals surface area contributed by atoms with E-state index >= 15 is 0 Å². The maximum Gasteiger partial charge on any atom is 0.222 e. The highest BCUT2D eigenvalue weighted by Gasteiger charge is 2.20. The van der Waals surface area contributed by atoms with Crippen molar-refractivity contribution in [1.29, 1.82) is 0 Å². The molecule has 140 valence electrons. The Bertz CT molecular complexity index is 746. The predicted molar refractivity (Wildman–Crippen MR) is 102 cm³/mol. The van der Waals surface area contributed by atoms with Gasteiger partial charge in [0.05, 0.1) is 32.7 Å². The number of carbonyl (C=O) groups excluding carboxylic acids is 2. The van der Waals surface area contributed by atoms with E-state index < -0.39 is 0 Å². The Hall–Kier alpha value is -2.54. The van der Waals surface area contributed by atoms with Gasteiger partial charge in [0.15, 0.2) is 0 Å². The molecule has 0 aliphatic rings. The summed E-state index contributed by atoms with van der Waals surface area (Å²) in [6, 6.07) is 8.71. The average Bonchev–Trinajstić information content (AvgIpc) is 3.14. The van der Waals surface area contributed by atoms with Gasteiger partial charge in [-0.1, -0.05) is 6.07 Å². The summed E-state index contributed by atoms with van der Waals surface area (Å²) in [5, 5.41) is 7.72. The van der Waals surface area contributed by atoms with E-state index in [0.29, 0.717) is 11.5 Å². The number of nitrogens with one attached hydrogen (secondary N) is 2. The minimum absolute atomic E-state index is 0.150. The Kier molecular flexibility index (Phi) is 7.03. The summed E-state index contributed by atoms with van der Waals surface area (Å²) in [6.07, 6.45) is 0.170. The lowest BCUT2D eigenvalue weighted by Gasteiger charge is -2.20. The van der Waals surface area contributed by atoms with Gasteiger partial charge in [-0.15, -0.1) is 11.3 Å². The molecule has 1 heterocycles. The highest BCUT2D eigenvalue weighted by atomic mass is 32.1. The summed E-state index contributed by atoms with van der Waals surface area (Å²) < 4.78 is 10.6. The number of benzene rings is 1. The number of carbonyl (C=O) groups is 2. The van der Waals surface area contributed by atoms with E-state index in [1.165, 1.54) is 18.3 Å². The van der Waals surface area contributed by atoms with E-state index in [9.17, 15) is 9.59 Å². The van der Waals surface area contributed by atoms with Crippen molar-refractivity contribution in [1.82, 2.24) is 10.6 Å². The number of methoxy groups -OCH3 is 2. The monoisotopic (exact) mass is 376 g/mol. The van der Waals surface area contributed by atoms with Crippen LogP contribution in [0.4, 0.5) is 0 Å². The normalized spacial score (nSPS) is 12.8. The van der Waals surface area contributed by atoms with Gasteiger partial charge in [-0.2, -0.15) is 0 Å². The maximum absolute atomic E-state index is 12.5. The molecular weight excluding hydrogens is 352 g/mol. The topological polar surface area (TPSA) is 76.7 Å². The van der Waals surface area contributed by atoms with Crippen molar-refractivity contribution in [2.45, 2.75) is 32.4 Å². The molecule has 0 saturated heterocycles. The first-order valence-electron chi connectivity index (χ1n) is 8.26. The van der Waals surface area contributed by atoms with Gasteiger partial charge in [0.25, 0.3) is 0 Å². The van der Waals surface area contributed by atoms with Crippen molar-refractivity contribution >= 4 is 23.2 Å². The quantitative estimate of drug-likeness (QED) is 0.742. The Morgan fingerprint density at radius 2 is 1.92 bits per heavy atom. The molecule has 7 heteroatoms. The molecule has 2 N–H and O–H groups in total. The number of ether oxygens (including phenoxy) is 2. The van der Waals surface area contributed by atoms with Crippen molar-refractivity contribution in [3.05, 3.63) is 46.2 Å². The fraction of sp³-hybridized carbons (Fsp3) is 0.368. The first-order valence-corrected chi connectivity index (χ1v) is 9.14. The maximum atomic E-state index is 12.5. The van der Waals surface area contributed by atoms with Crippen LogP contribution in [0.5, 0.6) is 11.5 Å². The van der Waals surface area contributed by atoms with Gasteiger partial charge in [-0.3, -0.25) is 9.59 Å². The van der Waals surface area contributed by atoms with Gasteiger partial charge in [-0.05, 0) is 30.5 Å². The van der Waals surface area contributed by atoms with E-state index in [0.717, 1.165) is 10.4 Å². The first-order chi connectivity index (χ1) is 12.4. The summed E-state index contributed by atoms with van der Waals surface area (Å²) >= 11 is 1.51. The van der Waals surface area contributed by atoms with Gasteiger partial charge < -0.3 is 20.1 Å². The molecule has 2 aromatic rings. The van der Waals surface area contributed by atoms with Crippen LogP contribution in [0.3, 0.4) is 0 Å². The zero-order valence-electron chi connectivity index (χ0n) is 15.4. The zero-order chi connectivity index (χ0) is 19.1. The molecule has 2 atom stereocenters. The predicted octanol–water partition coefficient (Wildman–Crippen LogP) is 3.21. The van der Waals surface area contributed by atoms with E-state index in [4.69, 9.17) is 9.47 Å². The number of amides is 2. The van der Waals surface area contributed by atoms with Crippen LogP contribution in [-0.2, 0) is 9.59 Å². The molecule has 26 heavy (non-hydrogen) atoms. The molecule has 0 spiro atoms. The smallest absolute Gasteiger partial charge is 0.222 e. The molecule has 0 fully saturated rings. The van der Waals surface area contributed by atoms with Crippen LogP contribution in [0, 0.1) is 0 Å². The van der Waals surface area contributed by atoms with Gasteiger partial charge in [0, 0.05) is 23.4 Å². The van der Waals surface area contributed by atoms with Crippen molar-refractivity contribution in [2.24, 2.45) is 0 Å². The summed E-state index contributed by atoms with van der Waals surface area (Å²) in [5.41, 5.74) is 0.855. The Balaban J connectivity index is 2.07. The lowest BCUT2D eigenvalue weighted by molar-refractivity contribution is -0.123. The fourth-order valence-electron chi connectivity index (χ4n) is 2.70. The molecule has 2 unspecified atom stereocenters. The fourth-order valence-corrected chi connectivity index (χ4v) is 3.48. The molecule has 0 saturated carbocycles. The van der Waals surface area contributed by atoms with Crippen molar-refractivity contribution in [3.63, 3.8) is 0 Å².